The van der Waals surface area contributed by atoms with Gasteiger partial charge in [0.2, 0.25) is 0 Å². The third kappa shape index (κ3) is 2.14. The summed E-state index contributed by atoms with van der Waals surface area (Å²) in [5.41, 5.74) is 5.88. The van der Waals surface area contributed by atoms with E-state index in [0.29, 0.717) is 12.1 Å². The molecule has 2 unspecified atom stereocenters. The molecule has 2 aliphatic heterocycles. The summed E-state index contributed by atoms with van der Waals surface area (Å²) < 4.78 is 0. The van der Waals surface area contributed by atoms with E-state index in [1.54, 1.807) is 0 Å². The van der Waals surface area contributed by atoms with Gasteiger partial charge in [0.15, 0.2) is 0 Å². The molecule has 108 valence electrons. The lowest BCUT2D eigenvalue weighted by molar-refractivity contribution is 0.449. The minimum atomic E-state index is 0.450. The molecule has 0 bridgehead atoms. The predicted molar refractivity (Wildman–Crippen MR) is 87.6 cm³/mol. The minimum absolute atomic E-state index is 0.450. The van der Waals surface area contributed by atoms with E-state index in [-0.39, 0.29) is 0 Å². The number of rotatable bonds is 1. The van der Waals surface area contributed by atoms with E-state index in [2.05, 4.69) is 65.7 Å². The number of benzene rings is 2. The van der Waals surface area contributed by atoms with Gasteiger partial charge in [0.05, 0.1) is 6.04 Å². The molecule has 0 fully saturated rings. The van der Waals surface area contributed by atoms with Gasteiger partial charge >= 0.3 is 0 Å². The number of para-hydroxylation sites is 1. The number of hydrogen-bond donors (Lipinski definition) is 1. The maximum Gasteiger partial charge on any atom is 0.0673 e. The van der Waals surface area contributed by atoms with Crippen molar-refractivity contribution in [2.75, 3.05) is 11.4 Å². The molecular formula is C19H22N2. The van der Waals surface area contributed by atoms with Gasteiger partial charge in [0.1, 0.15) is 0 Å². The van der Waals surface area contributed by atoms with Crippen molar-refractivity contribution in [1.82, 2.24) is 5.32 Å². The molecule has 2 aromatic carbocycles. The summed E-state index contributed by atoms with van der Waals surface area (Å²) in [5.74, 6) is 0. The zero-order valence-electron chi connectivity index (χ0n) is 12.5. The number of nitrogens with zero attached hydrogens (tertiary/aromatic N) is 1. The van der Waals surface area contributed by atoms with Crippen molar-refractivity contribution in [3.8, 4) is 0 Å². The molecular weight excluding hydrogens is 256 g/mol. The monoisotopic (exact) mass is 278 g/mol. The standard InChI is InChI=1S/C19H22N2/c1-14-10-11-15-6-3-5-9-18(15)21(14)19-13-20-12-16-7-2-4-8-17(16)19/h2-9,14,19-20H,10-13H2,1H3. The van der Waals surface area contributed by atoms with Gasteiger partial charge in [0.25, 0.3) is 0 Å². The Balaban J connectivity index is 1.80. The molecule has 2 aromatic rings. The van der Waals surface area contributed by atoms with E-state index in [1.807, 2.05) is 0 Å². The number of anilines is 1. The van der Waals surface area contributed by atoms with Gasteiger partial charge in [0, 0.05) is 24.8 Å². The van der Waals surface area contributed by atoms with Gasteiger partial charge < -0.3 is 10.2 Å². The first-order chi connectivity index (χ1) is 10.3. The Bertz CT molecular complexity index is 650. The quantitative estimate of drug-likeness (QED) is 0.856. The number of fused-ring (bicyclic) bond motifs is 2. The first-order valence-corrected chi connectivity index (χ1v) is 7.99. The van der Waals surface area contributed by atoms with Gasteiger partial charge in [-0.1, -0.05) is 42.5 Å². The molecule has 0 aliphatic carbocycles. The van der Waals surface area contributed by atoms with Gasteiger partial charge in [-0.2, -0.15) is 0 Å². The van der Waals surface area contributed by atoms with E-state index in [4.69, 9.17) is 0 Å². The molecule has 2 heteroatoms. The lowest BCUT2D eigenvalue weighted by atomic mass is 9.89. The fourth-order valence-corrected chi connectivity index (χ4v) is 3.91. The second-order valence-corrected chi connectivity index (χ2v) is 6.27. The zero-order chi connectivity index (χ0) is 14.2. The van der Waals surface area contributed by atoms with Crippen LogP contribution in [0.15, 0.2) is 48.5 Å². The van der Waals surface area contributed by atoms with Crippen LogP contribution in [-0.2, 0) is 13.0 Å². The second kappa shape index (κ2) is 5.19. The minimum Gasteiger partial charge on any atom is -0.360 e. The second-order valence-electron chi connectivity index (χ2n) is 6.27. The highest BCUT2D eigenvalue weighted by molar-refractivity contribution is 5.59. The molecule has 2 nitrogen and oxygen atoms in total. The number of aryl methyl sites for hydroxylation is 1. The van der Waals surface area contributed by atoms with Crippen molar-refractivity contribution >= 4 is 5.69 Å². The van der Waals surface area contributed by atoms with Crippen molar-refractivity contribution in [3.05, 3.63) is 65.2 Å². The topological polar surface area (TPSA) is 15.3 Å². The van der Waals surface area contributed by atoms with Crippen LogP contribution in [0, 0.1) is 0 Å². The third-order valence-corrected chi connectivity index (χ3v) is 4.98. The summed E-state index contributed by atoms with van der Waals surface area (Å²) in [5, 5.41) is 3.60. The van der Waals surface area contributed by atoms with Crippen LogP contribution in [0.25, 0.3) is 0 Å². The molecule has 2 aliphatic rings. The maximum absolute atomic E-state index is 3.60. The number of nitrogens with one attached hydrogen (secondary N) is 1. The number of hydrogen-bond acceptors (Lipinski definition) is 2. The molecule has 2 atom stereocenters. The van der Waals surface area contributed by atoms with Crippen LogP contribution in [0.3, 0.4) is 0 Å². The van der Waals surface area contributed by atoms with E-state index in [9.17, 15) is 0 Å². The molecule has 0 amide bonds. The Hall–Kier alpha value is -1.80. The maximum atomic E-state index is 3.60. The van der Waals surface area contributed by atoms with Crippen LogP contribution in [0.1, 0.15) is 36.1 Å². The van der Waals surface area contributed by atoms with Crippen molar-refractivity contribution in [2.45, 2.75) is 38.4 Å². The predicted octanol–water partition coefficient (Wildman–Crippen LogP) is 3.67. The van der Waals surface area contributed by atoms with Crippen LogP contribution >= 0.6 is 0 Å². The Morgan fingerprint density at radius 3 is 2.67 bits per heavy atom. The van der Waals surface area contributed by atoms with Crippen LogP contribution in [0.2, 0.25) is 0 Å². The molecule has 4 rings (SSSR count). The van der Waals surface area contributed by atoms with Gasteiger partial charge in [-0.3, -0.25) is 0 Å². The highest BCUT2D eigenvalue weighted by atomic mass is 15.2. The van der Waals surface area contributed by atoms with Crippen LogP contribution in [-0.4, -0.2) is 12.6 Å². The lowest BCUT2D eigenvalue weighted by Crippen LogP contribution is -2.46. The Morgan fingerprint density at radius 2 is 1.76 bits per heavy atom. The van der Waals surface area contributed by atoms with Crippen molar-refractivity contribution < 1.29 is 0 Å². The third-order valence-electron chi connectivity index (χ3n) is 4.98. The Labute approximate surface area is 126 Å². The molecule has 1 N–H and O–H groups in total. The van der Waals surface area contributed by atoms with Gasteiger partial charge in [-0.25, -0.2) is 0 Å². The van der Waals surface area contributed by atoms with E-state index in [0.717, 1.165) is 13.1 Å². The SMILES string of the molecule is CC1CCc2ccccc2N1C1CNCc2ccccc21. The zero-order valence-corrected chi connectivity index (χ0v) is 12.5. The summed E-state index contributed by atoms with van der Waals surface area (Å²) in [6.45, 7) is 4.40. The summed E-state index contributed by atoms with van der Waals surface area (Å²) >= 11 is 0. The normalized spacial score (nSPS) is 24.3. The Kier molecular flexibility index (Phi) is 3.19. The summed E-state index contributed by atoms with van der Waals surface area (Å²) in [6.07, 6.45) is 2.45. The average molecular weight is 278 g/mol. The molecule has 21 heavy (non-hydrogen) atoms. The van der Waals surface area contributed by atoms with Crippen LogP contribution in [0.5, 0.6) is 0 Å². The van der Waals surface area contributed by atoms with Crippen molar-refractivity contribution in [1.29, 1.82) is 0 Å². The van der Waals surface area contributed by atoms with Crippen molar-refractivity contribution in [2.24, 2.45) is 0 Å². The molecule has 0 saturated heterocycles. The van der Waals surface area contributed by atoms with E-state index in [1.165, 1.54) is 35.2 Å². The Morgan fingerprint density at radius 1 is 1.00 bits per heavy atom. The highest BCUT2D eigenvalue weighted by Gasteiger charge is 2.32. The largest absolute Gasteiger partial charge is 0.360 e. The molecule has 0 radical (unpaired) electrons. The van der Waals surface area contributed by atoms with Crippen molar-refractivity contribution in [3.63, 3.8) is 0 Å². The summed E-state index contributed by atoms with van der Waals surface area (Å²) in [4.78, 5) is 2.64. The van der Waals surface area contributed by atoms with Crippen LogP contribution in [0.4, 0.5) is 5.69 Å². The van der Waals surface area contributed by atoms with E-state index >= 15 is 0 Å². The fraction of sp³-hybridized carbons (Fsp3) is 0.368. The van der Waals surface area contributed by atoms with E-state index < -0.39 is 0 Å². The molecule has 0 spiro atoms. The van der Waals surface area contributed by atoms with Gasteiger partial charge in [-0.05, 0) is 42.5 Å². The summed E-state index contributed by atoms with van der Waals surface area (Å²) in [6, 6.07) is 18.9. The fourth-order valence-electron chi connectivity index (χ4n) is 3.91. The summed E-state index contributed by atoms with van der Waals surface area (Å²) in [7, 11) is 0. The van der Waals surface area contributed by atoms with Crippen LogP contribution < -0.4 is 10.2 Å². The average Bonchev–Trinajstić information content (AvgIpc) is 2.54. The van der Waals surface area contributed by atoms with Gasteiger partial charge in [-0.15, -0.1) is 0 Å². The first kappa shape index (κ1) is 12.9. The molecule has 2 heterocycles. The smallest absolute Gasteiger partial charge is 0.0673 e. The first-order valence-electron chi connectivity index (χ1n) is 7.99. The molecule has 0 aromatic heterocycles. The lowest BCUT2D eigenvalue weighted by Gasteiger charge is -2.45. The highest BCUT2D eigenvalue weighted by Crippen LogP contribution is 2.38. The molecule has 0 saturated carbocycles.